The van der Waals surface area contributed by atoms with Gasteiger partial charge in [-0.15, -0.1) is 0 Å². The molecule has 2 fully saturated rings. The van der Waals surface area contributed by atoms with Crippen LogP contribution >= 0.6 is 11.3 Å². The number of ether oxygens (including phenoxy) is 2. The van der Waals surface area contributed by atoms with Crippen LogP contribution in [0.2, 0.25) is 0 Å². The Hall–Kier alpha value is -1.29. The van der Waals surface area contributed by atoms with E-state index in [4.69, 9.17) is 14.5 Å². The third-order valence-electron chi connectivity index (χ3n) is 6.51. The van der Waals surface area contributed by atoms with Crippen molar-refractivity contribution in [3.05, 3.63) is 35.4 Å². The average molecular weight is 580 g/mol. The van der Waals surface area contributed by atoms with Gasteiger partial charge in [0.1, 0.15) is 11.0 Å². The van der Waals surface area contributed by atoms with E-state index in [1.165, 1.54) is 31.9 Å². The molecule has 4 atom stereocenters. The third-order valence-corrected chi connectivity index (χ3v) is 7.58. The highest BCUT2D eigenvalue weighted by atomic mass is 127. The van der Waals surface area contributed by atoms with Gasteiger partial charge in [0, 0.05) is 49.7 Å². The molecule has 0 bridgehead atoms. The highest BCUT2D eigenvalue weighted by Crippen LogP contribution is 2.36. The Morgan fingerprint density at radius 2 is 1.06 bits per heavy atom. The minimum atomic E-state index is 0. The van der Waals surface area contributed by atoms with Gasteiger partial charge in [0.15, 0.2) is 0 Å². The molecule has 2 saturated heterocycles. The van der Waals surface area contributed by atoms with Gasteiger partial charge < -0.3 is 43.3 Å². The standard InChI is InChI=1S/C26H34N3O2S.HI/c1-15-7-21(28-11-17(3)30-18(4)12-28)9-23-25(15)27-26-16(2)8-22(10-24(26)32-23)29-13-19(5)31-20(6)14-29;/h7-10,17-20H,11-14H2,1-6H3;1H/q+1;/p-1/t17-,18-,19-,20+;/m1./s1. The fraction of sp³-hybridized carbons (Fsp3) is 0.538. The van der Waals surface area contributed by atoms with Gasteiger partial charge in [-0.05, 0) is 64.8 Å². The van der Waals surface area contributed by atoms with E-state index in [0.29, 0.717) is 0 Å². The minimum Gasteiger partial charge on any atom is -1.00 e. The molecule has 3 aromatic rings. The molecule has 178 valence electrons. The minimum absolute atomic E-state index is 0. The number of aromatic nitrogens is 1. The molecular weight excluding hydrogens is 545 g/mol. The Morgan fingerprint density at radius 3 is 1.42 bits per heavy atom. The topological polar surface area (TPSA) is 37.8 Å². The van der Waals surface area contributed by atoms with Crippen LogP contribution in [-0.4, -0.2) is 55.6 Å². The van der Waals surface area contributed by atoms with Crippen LogP contribution in [0.4, 0.5) is 11.4 Å². The van der Waals surface area contributed by atoms with Crippen molar-refractivity contribution in [3.63, 3.8) is 0 Å². The highest BCUT2D eigenvalue weighted by Gasteiger charge is 2.27. The first-order valence-corrected chi connectivity index (χ1v) is 12.6. The monoisotopic (exact) mass is 579 g/mol. The average Bonchev–Trinajstić information content (AvgIpc) is 2.71. The number of rotatable bonds is 2. The lowest BCUT2D eigenvalue weighted by atomic mass is 10.1. The van der Waals surface area contributed by atoms with Gasteiger partial charge in [0.2, 0.25) is 11.3 Å². The first-order chi connectivity index (χ1) is 15.3. The van der Waals surface area contributed by atoms with Gasteiger partial charge >= 0.3 is 0 Å². The second-order valence-electron chi connectivity index (χ2n) is 9.76. The summed E-state index contributed by atoms with van der Waals surface area (Å²) in [4.78, 5) is 10.1. The van der Waals surface area contributed by atoms with E-state index in [1.54, 1.807) is 0 Å². The summed E-state index contributed by atoms with van der Waals surface area (Å²) in [7, 11) is 0. The van der Waals surface area contributed by atoms with Crippen LogP contribution in [0.5, 0.6) is 0 Å². The van der Waals surface area contributed by atoms with Crippen LogP contribution in [-0.2, 0) is 9.47 Å². The highest BCUT2D eigenvalue weighted by molar-refractivity contribution is 7.24. The van der Waals surface area contributed by atoms with E-state index in [2.05, 4.69) is 75.6 Å². The van der Waals surface area contributed by atoms with E-state index < -0.39 is 0 Å². The number of hydrogen-bond donors (Lipinski definition) is 0. The molecule has 2 aliphatic rings. The maximum absolute atomic E-state index is 5.95. The van der Waals surface area contributed by atoms with Gasteiger partial charge in [0.05, 0.1) is 24.4 Å². The lowest BCUT2D eigenvalue weighted by Gasteiger charge is -2.37. The number of anilines is 2. The van der Waals surface area contributed by atoms with E-state index in [-0.39, 0.29) is 48.4 Å². The van der Waals surface area contributed by atoms with Crippen LogP contribution in [0, 0.1) is 13.8 Å². The largest absolute Gasteiger partial charge is 1.00 e. The van der Waals surface area contributed by atoms with Crippen molar-refractivity contribution >= 4 is 43.1 Å². The Balaban J connectivity index is 0.00000259. The molecule has 33 heavy (non-hydrogen) atoms. The Labute approximate surface area is 218 Å². The SMILES string of the molecule is Cc1cc(N2C[C@@H](C)O[C@H](C)C2)cc2[s+]c3cc(N4C[C@@H](C)O[C@@H](C)C4)cc(C)c3nc12.[I-]. The zero-order valence-electron chi connectivity index (χ0n) is 20.4. The van der Waals surface area contributed by atoms with Crippen molar-refractivity contribution in [3.8, 4) is 0 Å². The van der Waals surface area contributed by atoms with E-state index in [0.717, 1.165) is 37.2 Å². The van der Waals surface area contributed by atoms with Crippen molar-refractivity contribution in [2.75, 3.05) is 36.0 Å². The smallest absolute Gasteiger partial charge is 0.259 e. The van der Waals surface area contributed by atoms with Gasteiger partial charge in [-0.25, -0.2) is 4.98 Å². The van der Waals surface area contributed by atoms with E-state index >= 15 is 0 Å². The maximum atomic E-state index is 5.95. The molecule has 7 heteroatoms. The van der Waals surface area contributed by atoms with Crippen LogP contribution in [0.15, 0.2) is 24.3 Å². The van der Waals surface area contributed by atoms with Gasteiger partial charge in [-0.1, -0.05) is 0 Å². The van der Waals surface area contributed by atoms with Crippen molar-refractivity contribution in [2.45, 2.75) is 66.0 Å². The molecule has 5 nitrogen and oxygen atoms in total. The van der Waals surface area contributed by atoms with Crippen molar-refractivity contribution < 1.29 is 33.5 Å². The molecule has 0 unspecified atom stereocenters. The number of morpholine rings is 2. The zero-order chi connectivity index (χ0) is 22.6. The summed E-state index contributed by atoms with van der Waals surface area (Å²) in [6.45, 7) is 16.7. The zero-order valence-corrected chi connectivity index (χ0v) is 23.4. The Bertz CT molecular complexity index is 1070. The number of benzene rings is 2. The van der Waals surface area contributed by atoms with Gasteiger partial charge in [0.25, 0.3) is 9.40 Å². The Morgan fingerprint density at radius 1 is 0.697 bits per heavy atom. The van der Waals surface area contributed by atoms with Crippen LogP contribution < -0.4 is 33.8 Å². The second kappa shape index (κ2) is 9.76. The summed E-state index contributed by atoms with van der Waals surface area (Å²) >= 11 is 1.86. The summed E-state index contributed by atoms with van der Waals surface area (Å²) in [6.07, 6.45) is 0.988. The first-order valence-electron chi connectivity index (χ1n) is 11.8. The number of aryl methyl sites for hydroxylation is 2. The summed E-state index contributed by atoms with van der Waals surface area (Å²) in [5.41, 5.74) is 7.26. The normalized spacial score (nSPS) is 26.0. The van der Waals surface area contributed by atoms with Crippen LogP contribution in [0.25, 0.3) is 20.4 Å². The number of hydrogen-bond acceptors (Lipinski definition) is 5. The lowest BCUT2D eigenvalue weighted by molar-refractivity contribution is -0.00547. The molecule has 2 aromatic carbocycles. The van der Waals surface area contributed by atoms with Crippen LogP contribution in [0.1, 0.15) is 38.8 Å². The number of halogens is 1. The lowest BCUT2D eigenvalue weighted by Crippen LogP contribution is -3.00. The predicted octanol–water partition coefficient (Wildman–Crippen LogP) is 2.58. The Kier molecular flexibility index (Phi) is 7.34. The molecule has 0 aliphatic carbocycles. The quantitative estimate of drug-likeness (QED) is 0.265. The maximum Gasteiger partial charge on any atom is 0.259 e. The molecule has 2 aliphatic heterocycles. The summed E-state index contributed by atoms with van der Waals surface area (Å²) < 4.78 is 14.4. The van der Waals surface area contributed by atoms with E-state index in [1.807, 2.05) is 11.3 Å². The molecule has 5 rings (SSSR count). The third kappa shape index (κ3) is 5.06. The molecular formula is C26H34IN3O2S. The van der Waals surface area contributed by atoms with E-state index in [9.17, 15) is 0 Å². The molecule has 0 spiro atoms. The number of fused-ring (bicyclic) bond motifs is 2. The first kappa shape index (κ1) is 24.8. The molecule has 0 N–H and O–H groups in total. The summed E-state index contributed by atoms with van der Waals surface area (Å²) in [5, 5.41) is 0. The van der Waals surface area contributed by atoms with Crippen molar-refractivity contribution in [1.29, 1.82) is 0 Å². The predicted molar refractivity (Wildman–Crippen MR) is 135 cm³/mol. The van der Waals surface area contributed by atoms with Crippen molar-refractivity contribution in [1.82, 2.24) is 4.98 Å². The summed E-state index contributed by atoms with van der Waals surface area (Å²) in [5.74, 6) is 0. The fourth-order valence-corrected chi connectivity index (χ4v) is 6.48. The molecule has 0 saturated carbocycles. The van der Waals surface area contributed by atoms with Gasteiger partial charge in [-0.3, -0.25) is 0 Å². The molecule has 0 radical (unpaired) electrons. The second-order valence-corrected chi connectivity index (χ2v) is 10.8. The molecule has 1 aromatic heterocycles. The van der Waals surface area contributed by atoms with Crippen LogP contribution in [0.3, 0.4) is 0 Å². The molecule has 0 amide bonds. The molecule has 3 heterocycles. The van der Waals surface area contributed by atoms with Gasteiger partial charge in [-0.2, -0.15) is 0 Å². The summed E-state index contributed by atoms with van der Waals surface area (Å²) in [6, 6.07) is 9.23. The fourth-order valence-electron chi connectivity index (χ4n) is 5.27. The number of nitrogens with zero attached hydrogens (tertiary/aromatic N) is 3. The van der Waals surface area contributed by atoms with Crippen molar-refractivity contribution in [2.24, 2.45) is 0 Å².